The van der Waals surface area contributed by atoms with Gasteiger partial charge in [0.15, 0.2) is 0 Å². The number of benzene rings is 1. The summed E-state index contributed by atoms with van der Waals surface area (Å²) in [5.74, 6) is 0. The number of rotatable bonds is 3. The van der Waals surface area contributed by atoms with Crippen LogP contribution in [0.1, 0.15) is 11.1 Å². The molecule has 2 aromatic heterocycles. The summed E-state index contributed by atoms with van der Waals surface area (Å²) >= 11 is 0. The van der Waals surface area contributed by atoms with E-state index in [-0.39, 0.29) is 6.61 Å². The van der Waals surface area contributed by atoms with Crippen LogP contribution >= 0.6 is 0 Å². The van der Waals surface area contributed by atoms with Crippen LogP contribution in [0.15, 0.2) is 55.0 Å². The first-order chi connectivity index (χ1) is 9.78. The lowest BCUT2D eigenvalue weighted by Crippen LogP contribution is -1.95. The summed E-state index contributed by atoms with van der Waals surface area (Å²) in [5, 5.41) is 14.1. The smallest absolute Gasteiger partial charge is 0.0998 e. The van der Waals surface area contributed by atoms with Gasteiger partial charge >= 0.3 is 0 Å². The number of aryl methyl sites for hydroxylation is 1. The first-order valence-electron chi connectivity index (χ1n) is 6.45. The van der Waals surface area contributed by atoms with Crippen LogP contribution in [0.4, 0.5) is 0 Å². The second kappa shape index (κ2) is 5.27. The minimum Gasteiger partial charge on any atom is -0.392 e. The molecule has 0 saturated carbocycles. The summed E-state index contributed by atoms with van der Waals surface area (Å²) in [6.45, 7) is 2.00. The summed E-state index contributed by atoms with van der Waals surface area (Å²) in [6, 6.07) is 11.9. The molecule has 2 heterocycles. The highest BCUT2D eigenvalue weighted by Gasteiger charge is 2.11. The lowest BCUT2D eigenvalue weighted by molar-refractivity contribution is 0.282. The number of aromatic nitrogens is 3. The van der Waals surface area contributed by atoms with Crippen LogP contribution in [0.2, 0.25) is 0 Å². The topological polar surface area (TPSA) is 50.9 Å². The first kappa shape index (κ1) is 12.6. The monoisotopic (exact) mass is 265 g/mol. The molecular formula is C16H15N3O. The zero-order chi connectivity index (χ0) is 13.9. The highest BCUT2D eigenvalue weighted by atomic mass is 16.3. The van der Waals surface area contributed by atoms with Crippen molar-refractivity contribution in [3.05, 3.63) is 66.1 Å². The second-order valence-electron chi connectivity index (χ2n) is 4.69. The molecule has 3 aromatic rings. The van der Waals surface area contributed by atoms with Crippen LogP contribution in [0.25, 0.3) is 16.9 Å². The average Bonchev–Trinajstić information content (AvgIpc) is 2.92. The number of hydrogen-bond acceptors (Lipinski definition) is 3. The van der Waals surface area contributed by atoms with Gasteiger partial charge in [-0.05, 0) is 36.8 Å². The highest BCUT2D eigenvalue weighted by Crippen LogP contribution is 2.23. The minimum atomic E-state index is -0.0456. The van der Waals surface area contributed by atoms with Gasteiger partial charge in [-0.2, -0.15) is 5.10 Å². The van der Waals surface area contributed by atoms with Crippen molar-refractivity contribution in [3.63, 3.8) is 0 Å². The van der Waals surface area contributed by atoms with E-state index < -0.39 is 0 Å². The lowest BCUT2D eigenvalue weighted by Gasteiger charge is -2.02. The van der Waals surface area contributed by atoms with Crippen molar-refractivity contribution in [1.29, 1.82) is 0 Å². The molecule has 0 radical (unpaired) electrons. The Balaban J connectivity index is 2.10. The number of pyridine rings is 1. The summed E-state index contributed by atoms with van der Waals surface area (Å²) in [4.78, 5) is 4.10. The number of aliphatic hydroxyl groups is 1. The van der Waals surface area contributed by atoms with Gasteiger partial charge in [-0.25, -0.2) is 4.68 Å². The second-order valence-corrected chi connectivity index (χ2v) is 4.69. The molecule has 0 aliphatic rings. The van der Waals surface area contributed by atoms with Crippen LogP contribution in [-0.4, -0.2) is 19.9 Å². The third-order valence-electron chi connectivity index (χ3n) is 3.16. The molecule has 0 atom stereocenters. The third kappa shape index (κ3) is 2.33. The van der Waals surface area contributed by atoms with E-state index in [0.717, 1.165) is 22.5 Å². The van der Waals surface area contributed by atoms with Crippen molar-refractivity contribution in [2.24, 2.45) is 0 Å². The van der Waals surface area contributed by atoms with E-state index in [2.05, 4.69) is 16.1 Å². The molecule has 0 bridgehead atoms. The third-order valence-corrected chi connectivity index (χ3v) is 3.16. The number of hydrogen-bond donors (Lipinski definition) is 1. The van der Waals surface area contributed by atoms with Crippen LogP contribution in [0.5, 0.6) is 0 Å². The number of aliphatic hydroxyl groups excluding tert-OH is 1. The molecular weight excluding hydrogens is 250 g/mol. The Morgan fingerprint density at radius 3 is 2.80 bits per heavy atom. The Morgan fingerprint density at radius 1 is 1.20 bits per heavy atom. The van der Waals surface area contributed by atoms with Crippen LogP contribution < -0.4 is 0 Å². The quantitative estimate of drug-likeness (QED) is 0.792. The molecule has 3 rings (SSSR count). The highest BCUT2D eigenvalue weighted by molar-refractivity contribution is 5.62. The molecule has 20 heavy (non-hydrogen) atoms. The predicted molar refractivity (Wildman–Crippen MR) is 77.5 cm³/mol. The largest absolute Gasteiger partial charge is 0.392 e. The molecule has 1 N–H and O–H groups in total. The van der Waals surface area contributed by atoms with Crippen molar-refractivity contribution in [2.45, 2.75) is 13.5 Å². The van der Waals surface area contributed by atoms with Gasteiger partial charge in [-0.3, -0.25) is 4.98 Å². The molecule has 4 nitrogen and oxygen atoms in total. The zero-order valence-corrected chi connectivity index (χ0v) is 11.2. The van der Waals surface area contributed by atoms with Crippen LogP contribution in [0, 0.1) is 6.92 Å². The minimum absolute atomic E-state index is 0.0456. The summed E-state index contributed by atoms with van der Waals surface area (Å²) in [6.07, 6.45) is 5.33. The Kier molecular flexibility index (Phi) is 3.31. The Morgan fingerprint density at radius 2 is 2.10 bits per heavy atom. The van der Waals surface area contributed by atoms with Gasteiger partial charge in [-0.1, -0.05) is 12.1 Å². The van der Waals surface area contributed by atoms with E-state index in [0.29, 0.717) is 0 Å². The van der Waals surface area contributed by atoms with Gasteiger partial charge in [-0.15, -0.1) is 0 Å². The maximum Gasteiger partial charge on any atom is 0.0998 e. The molecule has 0 fully saturated rings. The van der Waals surface area contributed by atoms with E-state index in [1.807, 2.05) is 43.5 Å². The van der Waals surface area contributed by atoms with Gasteiger partial charge in [0.25, 0.3) is 0 Å². The number of nitrogens with zero attached hydrogens (tertiary/aromatic N) is 3. The van der Waals surface area contributed by atoms with Crippen molar-refractivity contribution < 1.29 is 5.11 Å². The summed E-state index contributed by atoms with van der Waals surface area (Å²) in [7, 11) is 0. The van der Waals surface area contributed by atoms with Gasteiger partial charge < -0.3 is 5.11 Å². The fourth-order valence-electron chi connectivity index (χ4n) is 2.17. The average molecular weight is 265 g/mol. The molecule has 0 unspecified atom stereocenters. The van der Waals surface area contributed by atoms with Crippen LogP contribution in [-0.2, 0) is 6.61 Å². The first-order valence-corrected chi connectivity index (χ1v) is 6.45. The van der Waals surface area contributed by atoms with Gasteiger partial charge in [0.1, 0.15) is 0 Å². The van der Waals surface area contributed by atoms with Crippen LogP contribution in [0.3, 0.4) is 0 Å². The fourth-order valence-corrected chi connectivity index (χ4v) is 2.17. The molecule has 0 aliphatic heterocycles. The van der Waals surface area contributed by atoms with E-state index in [1.54, 1.807) is 17.1 Å². The molecule has 1 aromatic carbocycles. The summed E-state index contributed by atoms with van der Waals surface area (Å²) < 4.78 is 1.79. The van der Waals surface area contributed by atoms with Crippen molar-refractivity contribution >= 4 is 0 Å². The van der Waals surface area contributed by atoms with Crippen molar-refractivity contribution in [2.75, 3.05) is 0 Å². The molecule has 100 valence electrons. The van der Waals surface area contributed by atoms with Crippen molar-refractivity contribution in [3.8, 4) is 16.9 Å². The molecule has 0 spiro atoms. The molecule has 0 amide bonds. The lowest BCUT2D eigenvalue weighted by atomic mass is 10.1. The van der Waals surface area contributed by atoms with Gasteiger partial charge in [0.2, 0.25) is 0 Å². The van der Waals surface area contributed by atoms with E-state index >= 15 is 0 Å². The maximum absolute atomic E-state index is 9.52. The Bertz CT molecular complexity index is 720. The maximum atomic E-state index is 9.52. The molecule has 0 aliphatic carbocycles. The van der Waals surface area contributed by atoms with E-state index in [1.165, 1.54) is 5.56 Å². The summed E-state index contributed by atoms with van der Waals surface area (Å²) in [5.41, 5.74) is 4.62. The predicted octanol–water partition coefficient (Wildman–Crippen LogP) is 2.74. The van der Waals surface area contributed by atoms with E-state index in [4.69, 9.17) is 0 Å². The molecule has 0 saturated heterocycles. The van der Waals surface area contributed by atoms with Crippen molar-refractivity contribution in [1.82, 2.24) is 14.8 Å². The zero-order valence-electron chi connectivity index (χ0n) is 11.2. The van der Waals surface area contributed by atoms with Gasteiger partial charge in [0.05, 0.1) is 18.0 Å². The SMILES string of the molecule is Cc1cccc(-n2cc(CO)c(-c3cccnc3)n2)c1. The normalized spacial score (nSPS) is 10.7. The Hall–Kier alpha value is -2.46. The molecule has 4 heteroatoms. The fraction of sp³-hybridized carbons (Fsp3) is 0.125. The standard InChI is InChI=1S/C16H15N3O/c1-12-4-2-6-15(8-12)19-10-14(11-20)16(18-19)13-5-3-7-17-9-13/h2-10,20H,11H2,1H3. The van der Waals surface area contributed by atoms with Gasteiger partial charge in [0, 0.05) is 29.7 Å². The Labute approximate surface area is 117 Å². The van der Waals surface area contributed by atoms with E-state index in [9.17, 15) is 5.11 Å².